The lowest BCUT2D eigenvalue weighted by Crippen LogP contribution is -2.14. The fourth-order valence-electron chi connectivity index (χ4n) is 3.13. The van der Waals surface area contributed by atoms with Crippen LogP contribution in [0.15, 0.2) is 67.1 Å². The number of benzene rings is 1. The Labute approximate surface area is 164 Å². The van der Waals surface area contributed by atoms with E-state index in [0.29, 0.717) is 17.2 Å². The van der Waals surface area contributed by atoms with Gasteiger partial charge in [-0.15, -0.1) is 5.10 Å². The molecule has 1 N–H and O–H groups in total. The van der Waals surface area contributed by atoms with Crippen LogP contribution in [0.5, 0.6) is 5.75 Å². The molecule has 5 aromatic rings. The van der Waals surface area contributed by atoms with Gasteiger partial charge in [-0.25, -0.2) is 4.98 Å². The van der Waals surface area contributed by atoms with E-state index in [-0.39, 0.29) is 11.6 Å². The fourth-order valence-corrected chi connectivity index (χ4v) is 3.13. The first-order valence-corrected chi connectivity index (χ1v) is 8.83. The summed E-state index contributed by atoms with van der Waals surface area (Å²) in [6, 6.07) is 16.6. The second-order valence-electron chi connectivity index (χ2n) is 6.20. The van der Waals surface area contributed by atoms with Gasteiger partial charge in [-0.3, -0.25) is 19.7 Å². The third-order valence-electron chi connectivity index (χ3n) is 4.47. The van der Waals surface area contributed by atoms with Crippen LogP contribution in [0, 0.1) is 0 Å². The van der Waals surface area contributed by atoms with Crippen molar-refractivity contribution in [2.75, 3.05) is 12.4 Å². The van der Waals surface area contributed by atoms with Gasteiger partial charge in [-0.1, -0.05) is 18.2 Å². The van der Waals surface area contributed by atoms with E-state index in [4.69, 9.17) is 4.74 Å². The Hall–Kier alpha value is -4.27. The first-order chi connectivity index (χ1) is 14.2. The van der Waals surface area contributed by atoms with E-state index in [1.165, 1.54) is 0 Å². The molecule has 0 bridgehead atoms. The molecule has 0 saturated carbocycles. The van der Waals surface area contributed by atoms with E-state index in [1.54, 1.807) is 48.4 Å². The molecule has 1 aromatic carbocycles. The normalized spacial score (nSPS) is 11.1. The number of pyridine rings is 2. The predicted molar refractivity (Wildman–Crippen MR) is 106 cm³/mol. The number of amides is 1. The molecule has 0 aliphatic carbocycles. The standard InChI is InChI=1S/C20H15N7O2/c1-29-16-9-10-17(26-12-22-13-6-2-3-8-15(13)26)27-18(16)23-20(25-27)24-19(28)14-7-4-5-11-21-14/h2-12H,1H3,(H,24,25,28). The van der Waals surface area contributed by atoms with Crippen molar-refractivity contribution >= 4 is 28.5 Å². The molecular weight excluding hydrogens is 370 g/mol. The minimum Gasteiger partial charge on any atom is -0.493 e. The smallest absolute Gasteiger partial charge is 0.276 e. The number of carbonyl (C=O) groups is 1. The van der Waals surface area contributed by atoms with E-state index in [1.807, 2.05) is 34.9 Å². The van der Waals surface area contributed by atoms with Gasteiger partial charge in [0.05, 0.1) is 18.1 Å². The van der Waals surface area contributed by atoms with Gasteiger partial charge in [-0.2, -0.15) is 9.50 Å². The number of hydrogen-bond donors (Lipinski definition) is 1. The van der Waals surface area contributed by atoms with Crippen molar-refractivity contribution in [3.63, 3.8) is 0 Å². The van der Waals surface area contributed by atoms with E-state index < -0.39 is 5.91 Å². The molecule has 0 aliphatic heterocycles. The lowest BCUT2D eigenvalue weighted by molar-refractivity contribution is 0.102. The number of para-hydroxylation sites is 2. The minimum atomic E-state index is -0.393. The zero-order valence-corrected chi connectivity index (χ0v) is 15.4. The topological polar surface area (TPSA) is 99.2 Å². The Balaban J connectivity index is 1.62. The molecule has 0 saturated heterocycles. The number of anilines is 1. The lowest BCUT2D eigenvalue weighted by atomic mass is 10.3. The summed E-state index contributed by atoms with van der Waals surface area (Å²) in [5.74, 6) is 0.996. The number of nitrogens with one attached hydrogen (secondary N) is 1. The van der Waals surface area contributed by atoms with Gasteiger partial charge in [0, 0.05) is 6.20 Å². The Morgan fingerprint density at radius 3 is 2.72 bits per heavy atom. The molecule has 0 atom stereocenters. The van der Waals surface area contributed by atoms with Crippen molar-refractivity contribution in [2.45, 2.75) is 0 Å². The number of methoxy groups -OCH3 is 1. The molecule has 4 heterocycles. The Kier molecular flexibility index (Phi) is 3.91. The lowest BCUT2D eigenvalue weighted by Gasteiger charge is -2.08. The van der Waals surface area contributed by atoms with Crippen LogP contribution in [-0.2, 0) is 0 Å². The van der Waals surface area contributed by atoms with Crippen molar-refractivity contribution in [1.29, 1.82) is 0 Å². The quantitative estimate of drug-likeness (QED) is 0.511. The third kappa shape index (κ3) is 2.85. The SMILES string of the molecule is COc1ccc(-n2cnc3ccccc32)n2nc(NC(=O)c3ccccn3)nc12. The van der Waals surface area contributed by atoms with Crippen molar-refractivity contribution in [3.05, 3.63) is 72.8 Å². The van der Waals surface area contributed by atoms with Gasteiger partial charge in [-0.05, 0) is 36.4 Å². The maximum atomic E-state index is 12.4. The summed E-state index contributed by atoms with van der Waals surface area (Å²) in [4.78, 5) is 25.3. The van der Waals surface area contributed by atoms with Crippen molar-refractivity contribution in [1.82, 2.24) is 29.1 Å². The molecule has 0 radical (unpaired) electrons. The molecule has 142 valence electrons. The van der Waals surface area contributed by atoms with Gasteiger partial charge in [0.1, 0.15) is 17.8 Å². The number of carbonyl (C=O) groups excluding carboxylic acids is 1. The maximum Gasteiger partial charge on any atom is 0.276 e. The highest BCUT2D eigenvalue weighted by Gasteiger charge is 2.17. The Bertz CT molecular complexity index is 1340. The van der Waals surface area contributed by atoms with Crippen molar-refractivity contribution in [3.8, 4) is 11.6 Å². The summed E-state index contributed by atoms with van der Waals surface area (Å²) in [5.41, 5.74) is 2.53. The number of aromatic nitrogens is 6. The Morgan fingerprint density at radius 1 is 1.03 bits per heavy atom. The average molecular weight is 385 g/mol. The van der Waals surface area contributed by atoms with Crippen LogP contribution in [0.4, 0.5) is 5.95 Å². The number of nitrogens with zero attached hydrogens (tertiary/aromatic N) is 6. The van der Waals surface area contributed by atoms with Crippen LogP contribution in [-0.4, -0.2) is 42.2 Å². The van der Waals surface area contributed by atoms with Gasteiger partial charge >= 0.3 is 0 Å². The molecule has 1 amide bonds. The summed E-state index contributed by atoms with van der Waals surface area (Å²) in [6.07, 6.45) is 3.27. The number of imidazole rings is 1. The molecule has 0 unspecified atom stereocenters. The van der Waals surface area contributed by atoms with E-state index >= 15 is 0 Å². The van der Waals surface area contributed by atoms with Crippen molar-refractivity contribution in [2.24, 2.45) is 0 Å². The monoisotopic (exact) mass is 385 g/mol. The number of rotatable bonds is 4. The molecule has 4 aromatic heterocycles. The second kappa shape index (κ2) is 6.71. The molecule has 0 aliphatic rings. The van der Waals surface area contributed by atoms with Gasteiger partial charge in [0.2, 0.25) is 11.6 Å². The average Bonchev–Trinajstić information content (AvgIpc) is 3.38. The van der Waals surface area contributed by atoms with Gasteiger partial charge < -0.3 is 4.74 Å². The highest BCUT2D eigenvalue weighted by atomic mass is 16.5. The van der Waals surface area contributed by atoms with Crippen LogP contribution in [0.25, 0.3) is 22.5 Å². The molecular formula is C20H15N7O2. The summed E-state index contributed by atoms with van der Waals surface area (Å²) >= 11 is 0. The van der Waals surface area contributed by atoms with E-state index in [0.717, 1.165) is 11.0 Å². The molecule has 29 heavy (non-hydrogen) atoms. The largest absolute Gasteiger partial charge is 0.493 e. The highest BCUT2D eigenvalue weighted by Crippen LogP contribution is 2.25. The van der Waals surface area contributed by atoms with Crippen molar-refractivity contribution < 1.29 is 9.53 Å². The molecule has 0 fully saturated rings. The zero-order chi connectivity index (χ0) is 19.8. The number of ether oxygens (including phenoxy) is 1. The van der Waals surface area contributed by atoms with Crippen LogP contribution in [0.2, 0.25) is 0 Å². The number of hydrogen-bond acceptors (Lipinski definition) is 6. The van der Waals surface area contributed by atoms with Gasteiger partial charge in [0.15, 0.2) is 5.75 Å². The Morgan fingerprint density at radius 2 is 1.90 bits per heavy atom. The van der Waals surface area contributed by atoms with Crippen LogP contribution in [0.3, 0.4) is 0 Å². The van der Waals surface area contributed by atoms with E-state index in [2.05, 4.69) is 25.4 Å². The molecule has 0 spiro atoms. The molecule has 9 heteroatoms. The highest BCUT2D eigenvalue weighted by molar-refractivity contribution is 6.01. The first kappa shape index (κ1) is 16.9. The third-order valence-corrected chi connectivity index (χ3v) is 4.47. The molecule has 9 nitrogen and oxygen atoms in total. The summed E-state index contributed by atoms with van der Waals surface area (Å²) in [5, 5.41) is 7.15. The fraction of sp³-hybridized carbons (Fsp3) is 0.0500. The summed E-state index contributed by atoms with van der Waals surface area (Å²) in [6.45, 7) is 0. The maximum absolute atomic E-state index is 12.4. The predicted octanol–water partition coefficient (Wildman–Crippen LogP) is 2.72. The van der Waals surface area contributed by atoms with Crippen LogP contribution >= 0.6 is 0 Å². The van der Waals surface area contributed by atoms with Crippen LogP contribution in [0.1, 0.15) is 10.5 Å². The van der Waals surface area contributed by atoms with E-state index in [9.17, 15) is 4.79 Å². The summed E-state index contributed by atoms with van der Waals surface area (Å²) < 4.78 is 8.93. The molecule has 5 rings (SSSR count). The zero-order valence-electron chi connectivity index (χ0n) is 15.4. The summed E-state index contributed by atoms with van der Waals surface area (Å²) in [7, 11) is 1.56. The van der Waals surface area contributed by atoms with Crippen LogP contribution < -0.4 is 10.1 Å². The second-order valence-corrected chi connectivity index (χ2v) is 6.20. The number of fused-ring (bicyclic) bond motifs is 2. The first-order valence-electron chi connectivity index (χ1n) is 8.83. The van der Waals surface area contributed by atoms with Gasteiger partial charge in [0.25, 0.3) is 5.91 Å². The minimum absolute atomic E-state index is 0.149.